The number of aromatic nitrogens is 5. The molecule has 2 saturated heterocycles. The average Bonchev–Trinajstić information content (AvgIpc) is 4.10. The molecule has 3 aromatic heterocycles. The van der Waals surface area contributed by atoms with Crippen molar-refractivity contribution in [1.29, 1.82) is 0 Å². The number of aromatic amines is 3. The number of carbonyl (C=O) groups excluding carboxylic acids is 4. The second-order valence-corrected chi connectivity index (χ2v) is 16.5. The first-order valence-electron chi connectivity index (χ1n) is 20.8. The van der Waals surface area contributed by atoms with Gasteiger partial charge in [0, 0.05) is 41.4 Å². The van der Waals surface area contributed by atoms with Crippen molar-refractivity contribution in [3.63, 3.8) is 0 Å². The van der Waals surface area contributed by atoms with Crippen LogP contribution in [0.25, 0.3) is 50.6 Å². The second kappa shape index (κ2) is 16.7. The number of fused-ring (bicyclic) bond motifs is 2. The van der Waals surface area contributed by atoms with Crippen molar-refractivity contribution in [2.75, 3.05) is 27.3 Å². The minimum Gasteiger partial charge on any atom is -0.453 e. The third-order valence-corrected chi connectivity index (χ3v) is 12.2. The molecule has 2 aliphatic heterocycles. The number of alkyl carbamates (subject to hydrolysis) is 2. The van der Waals surface area contributed by atoms with Crippen LogP contribution in [-0.2, 0) is 25.5 Å². The van der Waals surface area contributed by atoms with Crippen molar-refractivity contribution in [3.8, 4) is 33.6 Å². The zero-order valence-corrected chi connectivity index (χ0v) is 34.9. The number of nitrogens with zero attached hydrogens (tertiary/aromatic N) is 4. The van der Waals surface area contributed by atoms with E-state index in [0.717, 1.165) is 88.0 Å². The van der Waals surface area contributed by atoms with E-state index in [9.17, 15) is 19.2 Å². The lowest BCUT2D eigenvalue weighted by atomic mass is 9.90. The Morgan fingerprint density at radius 3 is 1.78 bits per heavy atom. The van der Waals surface area contributed by atoms with E-state index in [0.29, 0.717) is 18.9 Å². The number of hydrogen-bond donors (Lipinski definition) is 5. The van der Waals surface area contributed by atoms with Crippen molar-refractivity contribution >= 4 is 41.0 Å². The molecule has 0 radical (unpaired) electrons. The van der Waals surface area contributed by atoms with Gasteiger partial charge in [-0.05, 0) is 66.7 Å². The van der Waals surface area contributed by atoms with Gasteiger partial charge in [-0.1, -0.05) is 64.1 Å². The van der Waals surface area contributed by atoms with Gasteiger partial charge in [0.15, 0.2) is 0 Å². The Morgan fingerprint density at radius 1 is 0.717 bits per heavy atom. The molecular weight excluding hydrogens is 763 g/mol. The van der Waals surface area contributed by atoms with Gasteiger partial charge in [-0.2, -0.15) is 0 Å². The summed E-state index contributed by atoms with van der Waals surface area (Å²) in [4.78, 5) is 75.4. The quantitative estimate of drug-likeness (QED) is 0.0920. The molecule has 314 valence electrons. The van der Waals surface area contributed by atoms with Gasteiger partial charge in [-0.3, -0.25) is 9.59 Å². The number of rotatable bonds is 11. The lowest BCUT2D eigenvalue weighted by Gasteiger charge is -2.30. The molecule has 2 fully saturated rings. The molecule has 8 rings (SSSR count). The first-order valence-corrected chi connectivity index (χ1v) is 20.8. The van der Waals surface area contributed by atoms with Crippen LogP contribution in [0.3, 0.4) is 0 Å². The van der Waals surface area contributed by atoms with Crippen LogP contribution in [0.2, 0.25) is 0 Å². The van der Waals surface area contributed by atoms with Gasteiger partial charge in [0.05, 0.1) is 55.6 Å². The van der Waals surface area contributed by atoms with Crippen LogP contribution in [0.5, 0.6) is 0 Å². The molecule has 0 bridgehead atoms. The molecule has 2 aromatic carbocycles. The molecule has 1 aliphatic carbocycles. The fourth-order valence-corrected chi connectivity index (χ4v) is 9.14. The predicted octanol–water partition coefficient (Wildman–Crippen LogP) is 7.27. The van der Waals surface area contributed by atoms with Crippen molar-refractivity contribution in [2.24, 2.45) is 11.8 Å². The van der Waals surface area contributed by atoms with E-state index >= 15 is 0 Å². The molecule has 15 nitrogen and oxygen atoms in total. The largest absolute Gasteiger partial charge is 0.453 e. The summed E-state index contributed by atoms with van der Waals surface area (Å²) in [6.07, 6.45) is 12.7. The number of likely N-dealkylation sites (tertiary alicyclic amines) is 2. The van der Waals surface area contributed by atoms with Crippen LogP contribution in [0.1, 0.15) is 88.2 Å². The number of H-pyrrole nitrogens is 3. The van der Waals surface area contributed by atoms with E-state index in [1.807, 2.05) is 56.1 Å². The van der Waals surface area contributed by atoms with E-state index in [-0.39, 0.29) is 35.7 Å². The van der Waals surface area contributed by atoms with Crippen LogP contribution >= 0.6 is 0 Å². The lowest BCUT2D eigenvalue weighted by Crippen LogP contribution is -2.51. The summed E-state index contributed by atoms with van der Waals surface area (Å²) in [5.41, 5.74) is 9.33. The Hall–Kier alpha value is -6.38. The van der Waals surface area contributed by atoms with Gasteiger partial charge in [0.1, 0.15) is 23.7 Å². The Labute approximate surface area is 348 Å². The summed E-state index contributed by atoms with van der Waals surface area (Å²) in [7, 11) is 2.59. The molecule has 3 aliphatic rings. The van der Waals surface area contributed by atoms with E-state index in [2.05, 4.69) is 68.1 Å². The normalized spacial score (nSPS) is 18.3. The standard InChI is InChI=1S/C45H53N9O6/c1-24(2)37(51-44(57)59-5)42(55)53-20-8-12-35(53)40-47-22-33(49-40)29-15-14-28(26-10-7-11-27(26)29)31-17-16-30(32-18-19-46-39(31)32)34-23-48-41(50-34)36-13-9-21-54(36)43(56)38(25(3)4)52-45(58)60-6/h7,11,14-19,22-25,35-38,46H,8-10,12-13,20-21H2,1-6H3,(H,47,49)(H,48,50)(H,51,57)(H,52,58)/t35-,36-,37-,38-/m0/s1. The Kier molecular flexibility index (Phi) is 11.2. The van der Waals surface area contributed by atoms with Gasteiger partial charge >= 0.3 is 12.2 Å². The van der Waals surface area contributed by atoms with Gasteiger partial charge < -0.3 is 44.9 Å². The molecule has 60 heavy (non-hydrogen) atoms. The highest BCUT2D eigenvalue weighted by Crippen LogP contribution is 2.42. The first kappa shape index (κ1) is 40.4. The maximum atomic E-state index is 13.7. The zero-order chi connectivity index (χ0) is 42.2. The van der Waals surface area contributed by atoms with Gasteiger partial charge in [-0.25, -0.2) is 19.6 Å². The van der Waals surface area contributed by atoms with Crippen molar-refractivity contribution in [1.82, 2.24) is 45.4 Å². The minimum absolute atomic E-state index is 0.117. The van der Waals surface area contributed by atoms with E-state index < -0.39 is 24.3 Å². The highest BCUT2D eigenvalue weighted by Gasteiger charge is 2.39. The summed E-state index contributed by atoms with van der Waals surface area (Å²) in [5, 5.41) is 6.48. The summed E-state index contributed by atoms with van der Waals surface area (Å²) in [6, 6.07) is 8.79. The van der Waals surface area contributed by atoms with Crippen molar-refractivity contribution < 1.29 is 28.7 Å². The second-order valence-electron chi connectivity index (χ2n) is 16.5. The maximum absolute atomic E-state index is 13.7. The third kappa shape index (κ3) is 7.41. The fourth-order valence-electron chi connectivity index (χ4n) is 9.14. The molecule has 5 aromatic rings. The monoisotopic (exact) mass is 815 g/mol. The van der Waals surface area contributed by atoms with Gasteiger partial charge in [0.25, 0.3) is 0 Å². The molecule has 5 heterocycles. The lowest BCUT2D eigenvalue weighted by molar-refractivity contribution is -0.136. The van der Waals surface area contributed by atoms with Crippen LogP contribution in [-0.4, -0.2) is 98.1 Å². The third-order valence-electron chi connectivity index (χ3n) is 12.2. The van der Waals surface area contributed by atoms with Crippen LogP contribution in [0.4, 0.5) is 9.59 Å². The highest BCUT2D eigenvalue weighted by atomic mass is 16.5. The number of nitrogens with one attached hydrogen (secondary N) is 5. The fraction of sp³-hybridized carbons (Fsp3) is 0.422. The Bertz CT molecular complexity index is 2460. The maximum Gasteiger partial charge on any atom is 0.407 e. The zero-order valence-electron chi connectivity index (χ0n) is 34.9. The first-order chi connectivity index (χ1) is 29.0. The van der Waals surface area contributed by atoms with E-state index in [4.69, 9.17) is 19.4 Å². The molecule has 15 heteroatoms. The van der Waals surface area contributed by atoms with Crippen molar-refractivity contribution in [2.45, 2.75) is 84.0 Å². The van der Waals surface area contributed by atoms with Crippen LogP contribution in [0, 0.1) is 11.8 Å². The SMILES string of the molecule is COC(=O)N[C@H](C(=O)N1CCC[C@H]1c1ncc(-c2ccc(-c3ccc(-c4cnc([C@@H]5CCCN5C(=O)[C@@H](NC(=O)OC)C(C)C)[nH]4)c4cc[nH]c34)c3c2C=CC3)[nH]1)C(C)C. The Morgan fingerprint density at radius 2 is 1.23 bits per heavy atom. The number of carbonyl (C=O) groups is 4. The molecular formula is C45H53N9O6. The molecule has 0 saturated carbocycles. The minimum atomic E-state index is -0.704. The number of amides is 4. The van der Waals surface area contributed by atoms with Crippen LogP contribution < -0.4 is 10.6 Å². The number of allylic oxidation sites excluding steroid dienone is 1. The van der Waals surface area contributed by atoms with E-state index in [1.165, 1.54) is 19.8 Å². The van der Waals surface area contributed by atoms with Gasteiger partial charge in [-0.15, -0.1) is 0 Å². The number of hydrogen-bond acceptors (Lipinski definition) is 8. The predicted molar refractivity (Wildman–Crippen MR) is 227 cm³/mol. The summed E-state index contributed by atoms with van der Waals surface area (Å²) in [5.74, 6) is 0.920. The molecule has 5 N–H and O–H groups in total. The van der Waals surface area contributed by atoms with Crippen molar-refractivity contribution in [3.05, 3.63) is 77.8 Å². The summed E-state index contributed by atoms with van der Waals surface area (Å²) < 4.78 is 9.59. The Balaban J connectivity index is 1.04. The molecule has 4 amide bonds. The van der Waals surface area contributed by atoms with Crippen LogP contribution in [0.15, 0.2) is 55.0 Å². The molecule has 0 unspecified atom stereocenters. The molecule has 0 spiro atoms. The number of benzene rings is 2. The number of imidazole rings is 2. The summed E-state index contributed by atoms with van der Waals surface area (Å²) >= 11 is 0. The number of ether oxygens (including phenoxy) is 2. The molecule has 4 atom stereocenters. The average molecular weight is 816 g/mol. The summed E-state index contributed by atoms with van der Waals surface area (Å²) in [6.45, 7) is 8.79. The smallest absolute Gasteiger partial charge is 0.407 e. The van der Waals surface area contributed by atoms with E-state index in [1.54, 1.807) is 0 Å². The highest BCUT2D eigenvalue weighted by molar-refractivity contribution is 6.04. The van der Waals surface area contributed by atoms with Gasteiger partial charge in [0.2, 0.25) is 11.8 Å². The topological polar surface area (TPSA) is 190 Å². The number of methoxy groups -OCH3 is 2.